The van der Waals surface area contributed by atoms with Gasteiger partial charge in [-0.05, 0) is 66.6 Å². The summed E-state index contributed by atoms with van der Waals surface area (Å²) in [6.07, 6.45) is 2.91. The zero-order valence-corrected chi connectivity index (χ0v) is 19.5. The molecule has 0 saturated heterocycles. The van der Waals surface area contributed by atoms with E-state index in [9.17, 15) is 9.59 Å². The quantitative estimate of drug-likeness (QED) is 0.507. The van der Waals surface area contributed by atoms with Gasteiger partial charge in [-0.2, -0.15) is 0 Å². The van der Waals surface area contributed by atoms with Gasteiger partial charge in [0.15, 0.2) is 6.61 Å². The predicted octanol–water partition coefficient (Wildman–Crippen LogP) is 5.65. The minimum atomic E-state index is -0.240. The number of ether oxygens (including phenoxy) is 1. The summed E-state index contributed by atoms with van der Waals surface area (Å²) < 4.78 is 5.62. The summed E-state index contributed by atoms with van der Waals surface area (Å²) in [6.45, 7) is 12.1. The molecule has 2 aromatic rings. The van der Waals surface area contributed by atoms with Gasteiger partial charge >= 0.3 is 0 Å². The summed E-state index contributed by atoms with van der Waals surface area (Å²) in [5, 5.41) is 2.81. The Labute approximate surface area is 186 Å². The van der Waals surface area contributed by atoms with Crippen molar-refractivity contribution in [1.82, 2.24) is 4.90 Å². The first-order valence-electron chi connectivity index (χ1n) is 11.2. The Hall–Kier alpha value is -2.82. The molecule has 0 heterocycles. The number of benzene rings is 2. The van der Waals surface area contributed by atoms with Crippen LogP contribution in [0.4, 0.5) is 5.69 Å². The van der Waals surface area contributed by atoms with Gasteiger partial charge in [0.2, 0.25) is 0 Å². The van der Waals surface area contributed by atoms with Gasteiger partial charge in [0.05, 0.1) is 0 Å². The van der Waals surface area contributed by atoms with Crippen LogP contribution in [-0.4, -0.2) is 36.4 Å². The number of carbonyl (C=O) groups is 2. The Kier molecular flexibility index (Phi) is 9.10. The van der Waals surface area contributed by atoms with Gasteiger partial charge in [0, 0.05) is 24.3 Å². The zero-order valence-electron chi connectivity index (χ0n) is 19.5. The summed E-state index contributed by atoms with van der Waals surface area (Å²) in [6, 6.07) is 14.9. The van der Waals surface area contributed by atoms with Gasteiger partial charge in [-0.25, -0.2) is 0 Å². The number of amides is 2. The molecule has 2 aromatic carbocycles. The predicted molar refractivity (Wildman–Crippen MR) is 127 cm³/mol. The second-order valence-corrected chi connectivity index (χ2v) is 8.47. The SMILES string of the molecule is CCCN(CCC)C(=O)c1ccc(NC(=O)COc2ccc(C(C)(C)CC)cc2)cc1. The minimum Gasteiger partial charge on any atom is -0.484 e. The molecule has 31 heavy (non-hydrogen) atoms. The Balaban J connectivity index is 1.89. The molecule has 0 unspecified atom stereocenters. The van der Waals surface area contributed by atoms with Crippen LogP contribution < -0.4 is 10.1 Å². The third-order valence-corrected chi connectivity index (χ3v) is 5.58. The third kappa shape index (κ3) is 7.12. The summed E-state index contributed by atoms with van der Waals surface area (Å²) in [5.41, 5.74) is 2.64. The van der Waals surface area contributed by atoms with E-state index < -0.39 is 0 Å². The van der Waals surface area contributed by atoms with E-state index >= 15 is 0 Å². The first kappa shape index (κ1) is 24.4. The maximum absolute atomic E-state index is 12.6. The number of rotatable bonds is 11. The van der Waals surface area contributed by atoms with Gasteiger partial charge in [0.25, 0.3) is 11.8 Å². The maximum atomic E-state index is 12.6. The molecule has 0 saturated carbocycles. The summed E-state index contributed by atoms with van der Waals surface area (Å²) >= 11 is 0. The number of nitrogens with one attached hydrogen (secondary N) is 1. The fraction of sp³-hybridized carbons (Fsp3) is 0.462. The lowest BCUT2D eigenvalue weighted by molar-refractivity contribution is -0.118. The van der Waals surface area contributed by atoms with Crippen LogP contribution >= 0.6 is 0 Å². The first-order chi connectivity index (χ1) is 14.8. The lowest BCUT2D eigenvalue weighted by Crippen LogP contribution is -2.32. The van der Waals surface area contributed by atoms with Crippen LogP contribution in [0.5, 0.6) is 5.75 Å². The van der Waals surface area contributed by atoms with Crippen LogP contribution in [0.25, 0.3) is 0 Å². The monoisotopic (exact) mass is 424 g/mol. The molecule has 0 radical (unpaired) electrons. The van der Waals surface area contributed by atoms with Crippen molar-refractivity contribution in [2.24, 2.45) is 0 Å². The van der Waals surface area contributed by atoms with Crippen LogP contribution in [-0.2, 0) is 10.2 Å². The van der Waals surface area contributed by atoms with Crippen molar-refractivity contribution in [3.63, 3.8) is 0 Å². The summed E-state index contributed by atoms with van der Waals surface area (Å²) in [5.74, 6) is 0.453. The highest BCUT2D eigenvalue weighted by Crippen LogP contribution is 2.28. The number of carbonyl (C=O) groups excluding carboxylic acids is 2. The number of hydrogen-bond donors (Lipinski definition) is 1. The molecule has 168 valence electrons. The van der Waals surface area contributed by atoms with Gasteiger partial charge in [0.1, 0.15) is 5.75 Å². The lowest BCUT2D eigenvalue weighted by Gasteiger charge is -2.23. The van der Waals surface area contributed by atoms with Gasteiger partial charge in [-0.3, -0.25) is 9.59 Å². The molecule has 0 aromatic heterocycles. The van der Waals surface area contributed by atoms with E-state index in [1.165, 1.54) is 5.56 Å². The number of hydrogen-bond acceptors (Lipinski definition) is 3. The second-order valence-electron chi connectivity index (χ2n) is 8.47. The normalized spacial score (nSPS) is 11.1. The first-order valence-corrected chi connectivity index (χ1v) is 11.2. The van der Waals surface area contributed by atoms with Crippen LogP contribution in [0.15, 0.2) is 48.5 Å². The molecule has 0 fully saturated rings. The van der Waals surface area contributed by atoms with Crippen LogP contribution in [0.1, 0.15) is 69.8 Å². The van der Waals surface area contributed by atoms with E-state index in [1.807, 2.05) is 29.2 Å². The molecule has 1 N–H and O–H groups in total. The zero-order chi connectivity index (χ0) is 22.9. The Morgan fingerprint density at radius 1 is 0.903 bits per heavy atom. The summed E-state index contributed by atoms with van der Waals surface area (Å²) in [4.78, 5) is 26.8. The maximum Gasteiger partial charge on any atom is 0.262 e. The molecule has 5 nitrogen and oxygen atoms in total. The standard InChI is InChI=1S/C26H36N2O3/c1-6-17-28(18-7-2)25(30)20-9-13-22(14-10-20)27-24(29)19-31-23-15-11-21(12-16-23)26(4,5)8-3/h9-16H,6-8,17-19H2,1-5H3,(H,27,29). The van der Waals surface area contributed by atoms with Crippen molar-refractivity contribution in [2.45, 2.75) is 59.3 Å². The largest absolute Gasteiger partial charge is 0.484 e. The lowest BCUT2D eigenvalue weighted by atomic mass is 9.82. The Morgan fingerprint density at radius 3 is 2.00 bits per heavy atom. The van der Waals surface area contributed by atoms with Gasteiger partial charge in [-0.15, -0.1) is 0 Å². The van der Waals surface area contributed by atoms with Crippen molar-refractivity contribution < 1.29 is 14.3 Å². The Bertz CT molecular complexity index is 836. The van der Waals surface area contributed by atoms with E-state index in [2.05, 4.69) is 39.9 Å². The van der Waals surface area contributed by atoms with Gasteiger partial charge < -0.3 is 15.0 Å². The average molecular weight is 425 g/mol. The van der Waals surface area contributed by atoms with Crippen molar-refractivity contribution >= 4 is 17.5 Å². The van der Waals surface area contributed by atoms with Gasteiger partial charge in [-0.1, -0.05) is 46.8 Å². The smallest absolute Gasteiger partial charge is 0.262 e. The van der Waals surface area contributed by atoms with E-state index in [0.29, 0.717) is 17.0 Å². The average Bonchev–Trinajstić information content (AvgIpc) is 2.78. The molecule has 5 heteroatoms. The van der Waals surface area contributed by atoms with E-state index in [0.717, 1.165) is 32.4 Å². The molecule has 0 spiro atoms. The van der Waals surface area contributed by atoms with E-state index in [-0.39, 0.29) is 23.8 Å². The topological polar surface area (TPSA) is 58.6 Å². The molecule has 0 atom stereocenters. The fourth-order valence-electron chi connectivity index (χ4n) is 3.29. The van der Waals surface area contributed by atoms with Crippen molar-refractivity contribution in [3.8, 4) is 5.75 Å². The molecular formula is C26H36N2O3. The van der Waals surface area contributed by atoms with Crippen molar-refractivity contribution in [3.05, 3.63) is 59.7 Å². The minimum absolute atomic E-state index is 0.0274. The highest BCUT2D eigenvalue weighted by atomic mass is 16.5. The van der Waals surface area contributed by atoms with Crippen LogP contribution in [0, 0.1) is 0 Å². The number of anilines is 1. The Morgan fingerprint density at radius 2 is 1.48 bits per heavy atom. The fourth-order valence-corrected chi connectivity index (χ4v) is 3.29. The molecule has 0 aliphatic carbocycles. The van der Waals surface area contributed by atoms with E-state index in [4.69, 9.17) is 4.74 Å². The second kappa shape index (κ2) is 11.5. The summed E-state index contributed by atoms with van der Waals surface area (Å²) in [7, 11) is 0. The molecular weight excluding hydrogens is 388 g/mol. The van der Waals surface area contributed by atoms with Crippen molar-refractivity contribution in [1.29, 1.82) is 0 Å². The van der Waals surface area contributed by atoms with Crippen LogP contribution in [0.3, 0.4) is 0 Å². The van der Waals surface area contributed by atoms with Crippen molar-refractivity contribution in [2.75, 3.05) is 25.0 Å². The molecule has 0 bridgehead atoms. The molecule has 0 aliphatic rings. The molecule has 2 amide bonds. The third-order valence-electron chi connectivity index (χ3n) is 5.58. The van der Waals surface area contributed by atoms with Crippen LogP contribution in [0.2, 0.25) is 0 Å². The highest BCUT2D eigenvalue weighted by Gasteiger charge is 2.18. The molecule has 2 rings (SSSR count). The number of nitrogens with zero attached hydrogens (tertiary/aromatic N) is 1. The molecule has 0 aliphatic heterocycles. The highest BCUT2D eigenvalue weighted by molar-refractivity contribution is 5.96. The van der Waals surface area contributed by atoms with E-state index in [1.54, 1.807) is 24.3 Å².